The molecule has 0 saturated heterocycles. The van der Waals surface area contributed by atoms with E-state index in [0.29, 0.717) is 29.3 Å². The van der Waals surface area contributed by atoms with Crippen molar-refractivity contribution in [1.29, 1.82) is 0 Å². The maximum absolute atomic E-state index is 13.4. The molecule has 0 fully saturated rings. The van der Waals surface area contributed by atoms with Crippen molar-refractivity contribution in [1.82, 2.24) is 25.2 Å². The number of halogens is 1. The van der Waals surface area contributed by atoms with E-state index in [1.165, 1.54) is 23.5 Å². The van der Waals surface area contributed by atoms with Crippen LogP contribution in [0.25, 0.3) is 16.3 Å². The molecule has 0 aliphatic rings. The van der Waals surface area contributed by atoms with Gasteiger partial charge in [-0.1, -0.05) is 42.5 Å². The standard InChI is InChI=1S/C21H18FN5O2S/c22-16-8-4-7-15(11-16)18-25-21-27(26-18)17(13-30-21)9-10-23-19(28)20(29)24-12-14-5-2-1-3-6-14/h1-8,11,13H,9-10,12H2,(H,23,28)(H,24,29). The van der Waals surface area contributed by atoms with E-state index in [0.717, 1.165) is 11.3 Å². The summed E-state index contributed by atoms with van der Waals surface area (Å²) in [6.07, 6.45) is 0.476. The summed E-state index contributed by atoms with van der Waals surface area (Å²) in [6, 6.07) is 15.5. The third kappa shape index (κ3) is 4.52. The molecule has 0 spiro atoms. The van der Waals surface area contributed by atoms with Crippen molar-refractivity contribution in [3.63, 3.8) is 0 Å². The van der Waals surface area contributed by atoms with Gasteiger partial charge in [-0.2, -0.15) is 4.98 Å². The van der Waals surface area contributed by atoms with Gasteiger partial charge in [-0.3, -0.25) is 9.59 Å². The quantitative estimate of drug-likeness (QED) is 0.467. The average Bonchev–Trinajstić information content (AvgIpc) is 3.34. The van der Waals surface area contributed by atoms with Gasteiger partial charge >= 0.3 is 11.8 Å². The number of carbonyl (C=O) groups excluding carboxylic acids is 2. The van der Waals surface area contributed by atoms with Gasteiger partial charge in [0.15, 0.2) is 5.82 Å². The van der Waals surface area contributed by atoms with Crippen LogP contribution in [0.15, 0.2) is 60.0 Å². The van der Waals surface area contributed by atoms with E-state index in [2.05, 4.69) is 20.7 Å². The lowest BCUT2D eigenvalue weighted by molar-refractivity contribution is -0.139. The predicted molar refractivity (Wildman–Crippen MR) is 111 cm³/mol. The van der Waals surface area contributed by atoms with Crippen molar-refractivity contribution in [2.75, 3.05) is 6.54 Å². The van der Waals surface area contributed by atoms with Gasteiger partial charge in [0.25, 0.3) is 0 Å². The van der Waals surface area contributed by atoms with Crippen LogP contribution in [0, 0.1) is 5.82 Å². The second-order valence-electron chi connectivity index (χ2n) is 6.54. The topological polar surface area (TPSA) is 88.4 Å². The molecule has 30 heavy (non-hydrogen) atoms. The summed E-state index contributed by atoms with van der Waals surface area (Å²) in [5.41, 5.74) is 2.36. The molecule has 0 radical (unpaired) electrons. The fourth-order valence-corrected chi connectivity index (χ4v) is 3.75. The maximum atomic E-state index is 13.4. The molecule has 0 bridgehead atoms. The first-order valence-electron chi connectivity index (χ1n) is 9.29. The lowest BCUT2D eigenvalue weighted by Crippen LogP contribution is -2.40. The fourth-order valence-electron chi connectivity index (χ4n) is 2.89. The Morgan fingerprint density at radius 1 is 1.03 bits per heavy atom. The number of hydrogen-bond donors (Lipinski definition) is 2. The third-order valence-corrected chi connectivity index (χ3v) is 5.27. The molecule has 0 unspecified atom stereocenters. The minimum absolute atomic E-state index is 0.276. The van der Waals surface area contributed by atoms with Crippen LogP contribution >= 0.6 is 11.3 Å². The Bertz CT molecular complexity index is 1190. The Morgan fingerprint density at radius 3 is 2.63 bits per heavy atom. The van der Waals surface area contributed by atoms with Crippen LogP contribution in [-0.4, -0.2) is 33.0 Å². The van der Waals surface area contributed by atoms with E-state index < -0.39 is 11.8 Å². The molecule has 9 heteroatoms. The molecule has 152 valence electrons. The number of benzene rings is 2. The van der Waals surface area contributed by atoms with E-state index in [1.54, 1.807) is 16.6 Å². The molecular formula is C21H18FN5O2S. The van der Waals surface area contributed by atoms with Gasteiger partial charge in [-0.25, -0.2) is 8.91 Å². The number of fused-ring (bicyclic) bond motifs is 1. The van der Waals surface area contributed by atoms with E-state index >= 15 is 0 Å². The molecule has 4 rings (SSSR count). The second-order valence-corrected chi connectivity index (χ2v) is 7.38. The predicted octanol–water partition coefficient (Wildman–Crippen LogP) is 2.57. The highest BCUT2D eigenvalue weighted by molar-refractivity contribution is 7.15. The summed E-state index contributed by atoms with van der Waals surface area (Å²) < 4.78 is 15.1. The number of aromatic nitrogens is 3. The van der Waals surface area contributed by atoms with Crippen LogP contribution in [0.3, 0.4) is 0 Å². The van der Waals surface area contributed by atoms with Gasteiger partial charge in [0, 0.05) is 30.5 Å². The molecule has 2 heterocycles. The van der Waals surface area contributed by atoms with Crippen molar-refractivity contribution in [2.24, 2.45) is 0 Å². The molecule has 0 saturated carbocycles. The molecule has 4 aromatic rings. The minimum Gasteiger partial charge on any atom is -0.347 e. The Morgan fingerprint density at radius 2 is 1.83 bits per heavy atom. The first-order chi connectivity index (χ1) is 14.6. The van der Waals surface area contributed by atoms with Crippen LogP contribution in [0.2, 0.25) is 0 Å². The summed E-state index contributed by atoms with van der Waals surface area (Å²) in [6.45, 7) is 0.568. The average molecular weight is 423 g/mol. The Kier molecular flexibility index (Phi) is 5.80. The van der Waals surface area contributed by atoms with Crippen LogP contribution in [0.1, 0.15) is 11.3 Å². The Hall–Kier alpha value is -3.59. The number of hydrogen-bond acceptors (Lipinski definition) is 5. The van der Waals surface area contributed by atoms with Crippen molar-refractivity contribution >= 4 is 28.1 Å². The van der Waals surface area contributed by atoms with Crippen molar-refractivity contribution in [2.45, 2.75) is 13.0 Å². The molecule has 2 N–H and O–H groups in total. The van der Waals surface area contributed by atoms with Gasteiger partial charge in [0.2, 0.25) is 4.96 Å². The lowest BCUT2D eigenvalue weighted by Gasteiger charge is -2.06. The smallest absolute Gasteiger partial charge is 0.309 e. The molecule has 0 aliphatic carbocycles. The number of nitrogens with zero attached hydrogens (tertiary/aromatic N) is 3. The number of nitrogens with one attached hydrogen (secondary N) is 2. The second kappa shape index (κ2) is 8.83. The number of carbonyl (C=O) groups is 2. The van der Waals surface area contributed by atoms with E-state index in [9.17, 15) is 14.0 Å². The van der Waals surface area contributed by atoms with Gasteiger partial charge in [-0.15, -0.1) is 16.4 Å². The van der Waals surface area contributed by atoms with E-state index in [1.807, 2.05) is 35.7 Å². The van der Waals surface area contributed by atoms with E-state index in [-0.39, 0.29) is 12.4 Å². The maximum Gasteiger partial charge on any atom is 0.309 e. The normalized spacial score (nSPS) is 10.8. The highest BCUT2D eigenvalue weighted by atomic mass is 32.1. The van der Waals surface area contributed by atoms with Crippen LogP contribution in [0.4, 0.5) is 4.39 Å². The third-order valence-electron chi connectivity index (χ3n) is 4.40. The number of amides is 2. The van der Waals surface area contributed by atoms with Crippen molar-refractivity contribution in [3.8, 4) is 11.4 Å². The molecule has 0 aliphatic heterocycles. The largest absolute Gasteiger partial charge is 0.347 e. The lowest BCUT2D eigenvalue weighted by atomic mass is 10.2. The van der Waals surface area contributed by atoms with E-state index in [4.69, 9.17) is 0 Å². The van der Waals surface area contributed by atoms with Gasteiger partial charge in [0.1, 0.15) is 5.82 Å². The van der Waals surface area contributed by atoms with Crippen LogP contribution in [0.5, 0.6) is 0 Å². The summed E-state index contributed by atoms with van der Waals surface area (Å²) in [4.78, 5) is 29.0. The van der Waals surface area contributed by atoms with Crippen LogP contribution in [-0.2, 0) is 22.6 Å². The molecule has 7 nitrogen and oxygen atoms in total. The first-order valence-corrected chi connectivity index (χ1v) is 10.2. The number of thiazole rings is 1. The first kappa shape index (κ1) is 19.7. The van der Waals surface area contributed by atoms with Gasteiger partial charge in [0.05, 0.1) is 5.69 Å². The highest BCUT2D eigenvalue weighted by Crippen LogP contribution is 2.21. The highest BCUT2D eigenvalue weighted by Gasteiger charge is 2.15. The van der Waals surface area contributed by atoms with Crippen molar-refractivity contribution in [3.05, 3.63) is 77.1 Å². The zero-order chi connectivity index (χ0) is 20.9. The zero-order valence-corrected chi connectivity index (χ0v) is 16.7. The fraction of sp³-hybridized carbons (Fsp3) is 0.143. The van der Waals surface area contributed by atoms with Crippen LogP contribution < -0.4 is 10.6 Å². The van der Waals surface area contributed by atoms with Crippen molar-refractivity contribution < 1.29 is 14.0 Å². The Balaban J connectivity index is 1.32. The molecular weight excluding hydrogens is 405 g/mol. The zero-order valence-electron chi connectivity index (χ0n) is 15.8. The summed E-state index contributed by atoms with van der Waals surface area (Å²) >= 11 is 1.41. The number of rotatable bonds is 6. The molecule has 2 aromatic carbocycles. The molecule has 0 atom stereocenters. The van der Waals surface area contributed by atoms with Gasteiger partial charge in [-0.05, 0) is 17.7 Å². The Labute approximate surface area is 175 Å². The molecule has 2 aromatic heterocycles. The summed E-state index contributed by atoms with van der Waals surface area (Å²) in [5.74, 6) is -1.27. The monoisotopic (exact) mass is 423 g/mol. The minimum atomic E-state index is -0.684. The SMILES string of the molecule is O=C(NCCc1csc2nc(-c3cccc(F)c3)nn12)C(=O)NCc1ccccc1. The van der Waals surface area contributed by atoms with Gasteiger partial charge < -0.3 is 10.6 Å². The molecule has 2 amide bonds. The summed E-state index contributed by atoms with van der Waals surface area (Å²) in [7, 11) is 0. The summed E-state index contributed by atoms with van der Waals surface area (Å²) in [5, 5.41) is 11.5.